The quantitative estimate of drug-likeness (QED) is 0.455. The van der Waals surface area contributed by atoms with Gasteiger partial charge >= 0.3 is 5.97 Å². The Morgan fingerprint density at radius 2 is 1.67 bits per heavy atom. The average Bonchev–Trinajstić information content (AvgIpc) is 2.13. The Morgan fingerprint density at radius 1 is 1.13 bits per heavy atom. The Kier molecular flexibility index (Phi) is 3.67. The smallest absolute Gasteiger partial charge is 0.335 e. The molecule has 0 aromatic carbocycles. The zero-order valence-electron chi connectivity index (χ0n) is 8.57. The summed E-state index contributed by atoms with van der Waals surface area (Å²) in [7, 11) is 0. The van der Waals surface area contributed by atoms with Gasteiger partial charge < -0.3 is 25.2 Å². The van der Waals surface area contributed by atoms with E-state index in [9.17, 15) is 20.1 Å². The SMILES string of the molecule is CC(C)[C@@H]1OC(C(=O)O)[C@@H](O)C(O)C1O. The molecule has 6 heteroatoms. The van der Waals surface area contributed by atoms with Gasteiger partial charge in [-0.3, -0.25) is 0 Å². The highest BCUT2D eigenvalue weighted by Crippen LogP contribution is 2.25. The number of ether oxygens (including phenoxy) is 1. The lowest BCUT2D eigenvalue weighted by atomic mass is 9.89. The second kappa shape index (κ2) is 4.44. The largest absolute Gasteiger partial charge is 0.479 e. The van der Waals surface area contributed by atoms with Crippen molar-refractivity contribution in [1.29, 1.82) is 0 Å². The van der Waals surface area contributed by atoms with Crippen molar-refractivity contribution in [1.82, 2.24) is 0 Å². The summed E-state index contributed by atoms with van der Waals surface area (Å²) in [5.41, 5.74) is 0. The van der Waals surface area contributed by atoms with Crippen molar-refractivity contribution in [3.05, 3.63) is 0 Å². The van der Waals surface area contributed by atoms with E-state index in [1.54, 1.807) is 13.8 Å². The van der Waals surface area contributed by atoms with Gasteiger partial charge in [-0.2, -0.15) is 0 Å². The summed E-state index contributed by atoms with van der Waals surface area (Å²) in [5.74, 6) is -1.50. The molecular formula is C9H16O6. The highest BCUT2D eigenvalue weighted by molar-refractivity contribution is 5.73. The van der Waals surface area contributed by atoms with Crippen molar-refractivity contribution in [2.24, 2.45) is 5.92 Å². The molecule has 1 saturated heterocycles. The predicted molar refractivity (Wildman–Crippen MR) is 49.2 cm³/mol. The Labute approximate surface area is 87.1 Å². The average molecular weight is 220 g/mol. The van der Waals surface area contributed by atoms with Crippen LogP contribution in [0.5, 0.6) is 0 Å². The summed E-state index contributed by atoms with van der Waals surface area (Å²) < 4.78 is 5.04. The molecule has 3 unspecified atom stereocenters. The van der Waals surface area contributed by atoms with Crippen LogP contribution < -0.4 is 0 Å². The molecule has 1 aliphatic heterocycles. The first-order chi connectivity index (χ1) is 6.86. The molecule has 88 valence electrons. The van der Waals surface area contributed by atoms with Gasteiger partial charge in [0, 0.05) is 0 Å². The first-order valence-electron chi connectivity index (χ1n) is 4.78. The number of aliphatic hydroxyl groups excluding tert-OH is 3. The van der Waals surface area contributed by atoms with Gasteiger partial charge in [-0.15, -0.1) is 0 Å². The Hall–Kier alpha value is -0.690. The summed E-state index contributed by atoms with van der Waals surface area (Å²) in [5, 5.41) is 37.1. The summed E-state index contributed by atoms with van der Waals surface area (Å²) >= 11 is 0. The standard InChI is InChI=1S/C9H16O6/c1-3(2)7-5(11)4(10)6(12)8(15-7)9(13)14/h3-8,10-12H,1-2H3,(H,13,14)/t4?,5?,6-,7-,8?/m0/s1. The molecule has 1 heterocycles. The molecule has 5 atom stereocenters. The zero-order valence-corrected chi connectivity index (χ0v) is 8.57. The number of aliphatic hydroxyl groups is 3. The number of carboxylic acid groups (broad SMARTS) is 1. The maximum atomic E-state index is 10.7. The lowest BCUT2D eigenvalue weighted by molar-refractivity contribution is -0.235. The topological polar surface area (TPSA) is 107 Å². The maximum Gasteiger partial charge on any atom is 0.335 e. The van der Waals surface area contributed by atoms with Gasteiger partial charge in [0.15, 0.2) is 6.10 Å². The van der Waals surface area contributed by atoms with Gasteiger partial charge in [0.1, 0.15) is 18.3 Å². The molecule has 15 heavy (non-hydrogen) atoms. The number of carboxylic acids is 1. The van der Waals surface area contributed by atoms with Crippen LogP contribution in [0.1, 0.15) is 13.8 Å². The number of hydrogen-bond acceptors (Lipinski definition) is 5. The summed E-state index contributed by atoms with van der Waals surface area (Å²) in [6.07, 6.45) is -6.64. The highest BCUT2D eigenvalue weighted by atomic mass is 16.6. The zero-order chi connectivity index (χ0) is 11.7. The predicted octanol–water partition coefficient (Wildman–Crippen LogP) is -1.42. The number of rotatable bonds is 2. The molecule has 1 rings (SSSR count). The molecule has 6 nitrogen and oxygen atoms in total. The van der Waals surface area contributed by atoms with Crippen molar-refractivity contribution in [2.75, 3.05) is 0 Å². The molecule has 1 aliphatic rings. The van der Waals surface area contributed by atoms with E-state index in [1.165, 1.54) is 0 Å². The first-order valence-corrected chi connectivity index (χ1v) is 4.78. The van der Waals surface area contributed by atoms with E-state index in [1.807, 2.05) is 0 Å². The Bertz CT molecular complexity index is 241. The molecule has 0 saturated carbocycles. The molecule has 0 spiro atoms. The summed E-state index contributed by atoms with van der Waals surface area (Å²) in [4.78, 5) is 10.7. The second-order valence-corrected chi connectivity index (χ2v) is 4.08. The van der Waals surface area contributed by atoms with E-state index in [2.05, 4.69) is 0 Å². The van der Waals surface area contributed by atoms with Crippen molar-refractivity contribution in [3.8, 4) is 0 Å². The Balaban J connectivity index is 2.85. The third kappa shape index (κ3) is 2.28. The normalized spacial score (nSPS) is 41.9. The van der Waals surface area contributed by atoms with Crippen molar-refractivity contribution in [3.63, 3.8) is 0 Å². The monoisotopic (exact) mass is 220 g/mol. The molecular weight excluding hydrogens is 204 g/mol. The third-order valence-corrected chi connectivity index (χ3v) is 2.55. The fourth-order valence-corrected chi connectivity index (χ4v) is 1.66. The van der Waals surface area contributed by atoms with E-state index in [0.717, 1.165) is 0 Å². The van der Waals surface area contributed by atoms with Crippen molar-refractivity contribution in [2.45, 2.75) is 44.4 Å². The molecule has 0 aromatic rings. The van der Waals surface area contributed by atoms with Crippen LogP contribution in [0.25, 0.3) is 0 Å². The van der Waals surface area contributed by atoms with Crippen LogP contribution in [0.3, 0.4) is 0 Å². The van der Waals surface area contributed by atoms with Crippen LogP contribution in [0, 0.1) is 5.92 Å². The minimum Gasteiger partial charge on any atom is -0.479 e. The summed E-state index contributed by atoms with van der Waals surface area (Å²) in [6, 6.07) is 0. The molecule has 0 amide bonds. The molecule has 0 bridgehead atoms. The summed E-state index contributed by atoms with van der Waals surface area (Å²) in [6.45, 7) is 3.47. The van der Waals surface area contributed by atoms with Crippen LogP contribution >= 0.6 is 0 Å². The van der Waals surface area contributed by atoms with Gasteiger partial charge in [0.2, 0.25) is 0 Å². The van der Waals surface area contributed by atoms with Gasteiger partial charge in [0.05, 0.1) is 6.10 Å². The van der Waals surface area contributed by atoms with Crippen LogP contribution in [0.15, 0.2) is 0 Å². The van der Waals surface area contributed by atoms with Crippen LogP contribution in [-0.4, -0.2) is 56.9 Å². The van der Waals surface area contributed by atoms with E-state index < -0.39 is 36.5 Å². The molecule has 0 aliphatic carbocycles. The fraction of sp³-hybridized carbons (Fsp3) is 0.889. The number of hydrogen-bond donors (Lipinski definition) is 4. The molecule has 0 radical (unpaired) electrons. The Morgan fingerprint density at radius 3 is 2.07 bits per heavy atom. The van der Waals surface area contributed by atoms with Gasteiger partial charge in [-0.1, -0.05) is 13.8 Å². The maximum absolute atomic E-state index is 10.7. The first kappa shape index (κ1) is 12.4. The number of carbonyl (C=O) groups is 1. The fourth-order valence-electron chi connectivity index (χ4n) is 1.66. The van der Waals surface area contributed by atoms with Gasteiger partial charge in [-0.05, 0) is 5.92 Å². The molecule has 1 fully saturated rings. The van der Waals surface area contributed by atoms with Crippen molar-refractivity contribution < 1.29 is 30.0 Å². The van der Waals surface area contributed by atoms with Crippen LogP contribution in [0.2, 0.25) is 0 Å². The lowest BCUT2D eigenvalue weighted by Crippen LogP contribution is -2.60. The van der Waals surface area contributed by atoms with Gasteiger partial charge in [-0.25, -0.2) is 4.79 Å². The number of aliphatic carboxylic acids is 1. The van der Waals surface area contributed by atoms with Gasteiger partial charge in [0.25, 0.3) is 0 Å². The minimum absolute atomic E-state index is 0.149. The van der Waals surface area contributed by atoms with Crippen molar-refractivity contribution >= 4 is 5.97 Å². The van der Waals surface area contributed by atoms with Crippen LogP contribution in [-0.2, 0) is 9.53 Å². The van der Waals surface area contributed by atoms with Crippen LogP contribution in [0.4, 0.5) is 0 Å². The minimum atomic E-state index is -1.60. The van der Waals surface area contributed by atoms with E-state index in [4.69, 9.17) is 9.84 Å². The second-order valence-electron chi connectivity index (χ2n) is 4.08. The molecule has 0 aromatic heterocycles. The van der Waals surface area contributed by atoms with E-state index in [0.29, 0.717) is 0 Å². The highest BCUT2D eigenvalue weighted by Gasteiger charge is 2.47. The van der Waals surface area contributed by atoms with E-state index in [-0.39, 0.29) is 5.92 Å². The molecule has 4 N–H and O–H groups in total. The lowest BCUT2D eigenvalue weighted by Gasteiger charge is -2.40. The third-order valence-electron chi connectivity index (χ3n) is 2.55. The van der Waals surface area contributed by atoms with E-state index >= 15 is 0 Å².